The van der Waals surface area contributed by atoms with Crippen LogP contribution in [-0.4, -0.2) is 22.8 Å². The summed E-state index contributed by atoms with van der Waals surface area (Å²) < 4.78 is 0. The minimum atomic E-state index is -0.650. The van der Waals surface area contributed by atoms with E-state index in [1.54, 1.807) is 0 Å². The van der Waals surface area contributed by atoms with Crippen LogP contribution in [0.3, 0.4) is 0 Å². The Morgan fingerprint density at radius 2 is 0.833 bits per heavy atom. The second kappa shape index (κ2) is 30.4. The van der Waals surface area contributed by atoms with Crippen LogP contribution in [0.15, 0.2) is 12.7 Å². The van der Waals surface area contributed by atoms with E-state index in [2.05, 4.69) is 13.5 Å². The Morgan fingerprint density at radius 3 is 1.03 bits per heavy atom. The molecule has 0 aliphatic rings. The zero-order chi connectivity index (χ0) is 22.5. The Bertz CT molecular complexity index is 328. The summed E-state index contributed by atoms with van der Waals surface area (Å²) in [7, 11) is 0. The maximum atomic E-state index is 10.4. The normalized spacial score (nSPS) is 10.5. The fourth-order valence-electron chi connectivity index (χ4n) is 3.71. The first-order chi connectivity index (χ1) is 14.7. The molecule has 0 aromatic carbocycles. The van der Waals surface area contributed by atoms with Crippen molar-refractivity contribution < 1.29 is 15.0 Å². The molecule has 180 valence electrons. The van der Waals surface area contributed by atoms with Crippen LogP contribution in [0.5, 0.6) is 0 Å². The van der Waals surface area contributed by atoms with Gasteiger partial charge in [0.15, 0.2) is 0 Å². The van der Waals surface area contributed by atoms with Crippen molar-refractivity contribution in [1.82, 2.24) is 0 Å². The van der Waals surface area contributed by atoms with Crippen molar-refractivity contribution in [1.29, 1.82) is 0 Å². The van der Waals surface area contributed by atoms with Gasteiger partial charge in [-0.15, -0.1) is 6.58 Å². The third-order valence-corrected chi connectivity index (χ3v) is 5.62. The van der Waals surface area contributed by atoms with Gasteiger partial charge in [0.2, 0.25) is 0 Å². The number of hydrogen-bond acceptors (Lipinski definition) is 2. The second-order valence-electron chi connectivity index (χ2n) is 8.69. The van der Waals surface area contributed by atoms with Crippen molar-refractivity contribution in [3.63, 3.8) is 0 Å². The lowest BCUT2D eigenvalue weighted by Crippen LogP contribution is -1.93. The van der Waals surface area contributed by atoms with Gasteiger partial charge in [0, 0.05) is 6.42 Å². The summed E-state index contributed by atoms with van der Waals surface area (Å²) in [6.07, 6.45) is 30.5. The van der Waals surface area contributed by atoms with Crippen molar-refractivity contribution >= 4 is 5.97 Å². The fourth-order valence-corrected chi connectivity index (χ4v) is 3.71. The molecule has 0 aliphatic carbocycles. The molecule has 0 aromatic rings. The average Bonchev–Trinajstić information content (AvgIpc) is 2.74. The number of carboxylic acids is 1. The Labute approximate surface area is 188 Å². The molecule has 0 saturated carbocycles. The van der Waals surface area contributed by atoms with E-state index in [9.17, 15) is 4.79 Å². The molecule has 0 atom stereocenters. The number of carbonyl (C=O) groups is 1. The molecule has 0 aliphatic heterocycles. The van der Waals surface area contributed by atoms with Gasteiger partial charge in [0.1, 0.15) is 0 Å². The first-order valence-corrected chi connectivity index (χ1v) is 13.1. The van der Waals surface area contributed by atoms with Crippen LogP contribution in [0.1, 0.15) is 148 Å². The lowest BCUT2D eigenvalue weighted by molar-refractivity contribution is -0.137. The van der Waals surface area contributed by atoms with E-state index in [0.717, 1.165) is 12.8 Å². The molecule has 0 saturated heterocycles. The molecule has 0 heterocycles. The summed E-state index contributed by atoms with van der Waals surface area (Å²) in [6, 6.07) is 0. The molecule has 0 unspecified atom stereocenters. The van der Waals surface area contributed by atoms with Gasteiger partial charge in [-0.05, 0) is 6.42 Å². The second-order valence-corrected chi connectivity index (χ2v) is 8.69. The molecular weight excluding hydrogens is 372 g/mol. The van der Waals surface area contributed by atoms with Crippen LogP contribution in [-0.2, 0) is 4.79 Å². The van der Waals surface area contributed by atoms with Crippen molar-refractivity contribution in [3.8, 4) is 0 Å². The smallest absolute Gasteiger partial charge is 0.303 e. The molecular formula is C27H54O3. The van der Waals surface area contributed by atoms with E-state index in [-0.39, 0.29) is 6.61 Å². The number of rotatable bonds is 23. The molecule has 3 nitrogen and oxygen atoms in total. The summed E-state index contributed by atoms with van der Waals surface area (Å²) in [5.41, 5.74) is 0. The van der Waals surface area contributed by atoms with Gasteiger partial charge in [0.05, 0.1) is 6.61 Å². The van der Waals surface area contributed by atoms with Gasteiger partial charge in [0.25, 0.3) is 0 Å². The molecule has 0 aromatic heterocycles. The maximum absolute atomic E-state index is 10.4. The Morgan fingerprint density at radius 1 is 0.600 bits per heavy atom. The third kappa shape index (κ3) is 34.7. The van der Waals surface area contributed by atoms with Gasteiger partial charge < -0.3 is 10.2 Å². The summed E-state index contributed by atoms with van der Waals surface area (Å²) in [5.74, 6) is -0.650. The molecule has 30 heavy (non-hydrogen) atoms. The van der Waals surface area contributed by atoms with E-state index < -0.39 is 5.97 Å². The van der Waals surface area contributed by atoms with Gasteiger partial charge in [-0.1, -0.05) is 141 Å². The molecule has 3 heteroatoms. The van der Waals surface area contributed by atoms with E-state index in [4.69, 9.17) is 10.2 Å². The van der Waals surface area contributed by atoms with Crippen molar-refractivity contribution in [2.75, 3.05) is 6.61 Å². The topological polar surface area (TPSA) is 57.5 Å². The zero-order valence-corrected chi connectivity index (χ0v) is 20.4. The first-order valence-electron chi connectivity index (χ1n) is 13.1. The number of aliphatic hydroxyl groups is 1. The molecule has 0 spiro atoms. The van der Waals surface area contributed by atoms with Crippen molar-refractivity contribution in [2.45, 2.75) is 148 Å². The van der Waals surface area contributed by atoms with E-state index in [1.807, 2.05) is 0 Å². The molecule has 0 bridgehead atoms. The summed E-state index contributed by atoms with van der Waals surface area (Å²) >= 11 is 0. The highest BCUT2D eigenvalue weighted by Crippen LogP contribution is 2.15. The average molecular weight is 427 g/mol. The molecule has 2 N–H and O–H groups in total. The predicted octanol–water partition coefficient (Wildman–Crippen LogP) is 8.84. The van der Waals surface area contributed by atoms with Gasteiger partial charge >= 0.3 is 5.97 Å². The minimum absolute atomic E-state index is 0.0833. The van der Waals surface area contributed by atoms with E-state index in [0.29, 0.717) is 6.42 Å². The maximum Gasteiger partial charge on any atom is 0.303 e. The number of aliphatic hydroxyl groups excluding tert-OH is 1. The van der Waals surface area contributed by atoms with Crippen LogP contribution >= 0.6 is 0 Å². The van der Waals surface area contributed by atoms with Crippen LogP contribution in [0.25, 0.3) is 0 Å². The Balaban J connectivity index is 0. The highest BCUT2D eigenvalue weighted by atomic mass is 16.4. The minimum Gasteiger partial charge on any atom is -0.481 e. The SMILES string of the molecule is C=CCO.CCCCCCCCCCCCCCCCCCCCCCCC(=O)O. The van der Waals surface area contributed by atoms with Crippen LogP contribution < -0.4 is 0 Å². The summed E-state index contributed by atoms with van der Waals surface area (Å²) in [6.45, 7) is 5.60. The summed E-state index contributed by atoms with van der Waals surface area (Å²) in [4.78, 5) is 10.4. The lowest BCUT2D eigenvalue weighted by Gasteiger charge is -2.04. The molecule has 0 rings (SSSR count). The van der Waals surface area contributed by atoms with Gasteiger partial charge in [-0.25, -0.2) is 0 Å². The Kier molecular flexibility index (Phi) is 31.7. The fraction of sp³-hybridized carbons (Fsp3) is 0.889. The van der Waals surface area contributed by atoms with Crippen molar-refractivity contribution in [2.24, 2.45) is 0 Å². The number of unbranched alkanes of at least 4 members (excludes halogenated alkanes) is 20. The Hall–Kier alpha value is -0.830. The number of carboxylic acid groups (broad SMARTS) is 1. The van der Waals surface area contributed by atoms with E-state index >= 15 is 0 Å². The monoisotopic (exact) mass is 426 g/mol. The van der Waals surface area contributed by atoms with E-state index in [1.165, 1.54) is 128 Å². The van der Waals surface area contributed by atoms with Gasteiger partial charge in [-0.2, -0.15) is 0 Å². The summed E-state index contributed by atoms with van der Waals surface area (Å²) in [5, 5.41) is 16.3. The molecule has 0 amide bonds. The predicted molar refractivity (Wildman–Crippen MR) is 132 cm³/mol. The molecule has 0 fully saturated rings. The zero-order valence-electron chi connectivity index (χ0n) is 20.4. The number of aliphatic carboxylic acids is 1. The largest absolute Gasteiger partial charge is 0.481 e. The van der Waals surface area contributed by atoms with Crippen LogP contribution in [0, 0.1) is 0 Å². The van der Waals surface area contributed by atoms with Crippen LogP contribution in [0.2, 0.25) is 0 Å². The highest BCUT2D eigenvalue weighted by Gasteiger charge is 1.97. The lowest BCUT2D eigenvalue weighted by atomic mass is 10.0. The first kappa shape index (κ1) is 31.4. The van der Waals surface area contributed by atoms with Crippen molar-refractivity contribution in [3.05, 3.63) is 12.7 Å². The highest BCUT2D eigenvalue weighted by molar-refractivity contribution is 5.66. The standard InChI is InChI=1S/C24H48O2.C3H6O/c1-2-3-4-5-6-7-8-9-10-11-12-13-14-15-16-17-18-19-20-21-22-23-24(25)26;1-2-3-4/h2-23H2,1H3,(H,25,26);2,4H,1,3H2. The van der Waals surface area contributed by atoms with Crippen LogP contribution in [0.4, 0.5) is 0 Å². The number of hydrogen-bond donors (Lipinski definition) is 2. The quantitative estimate of drug-likeness (QED) is 0.127. The third-order valence-electron chi connectivity index (χ3n) is 5.62. The molecule has 0 radical (unpaired) electrons. The van der Waals surface area contributed by atoms with Gasteiger partial charge in [-0.3, -0.25) is 4.79 Å².